The quantitative estimate of drug-likeness (QED) is 0.371. The van der Waals surface area contributed by atoms with Crippen molar-refractivity contribution in [2.75, 3.05) is 33.1 Å². The predicted molar refractivity (Wildman–Crippen MR) is 109 cm³/mol. The maximum absolute atomic E-state index is 12.3. The van der Waals surface area contributed by atoms with Crippen molar-refractivity contribution in [3.05, 3.63) is 0 Å². The van der Waals surface area contributed by atoms with Gasteiger partial charge in [-0.1, -0.05) is 19.8 Å². The van der Waals surface area contributed by atoms with Crippen LogP contribution >= 0.6 is 24.0 Å². The molecule has 0 aromatic rings. The van der Waals surface area contributed by atoms with Crippen LogP contribution in [0.5, 0.6) is 0 Å². The Morgan fingerprint density at radius 1 is 1.29 bits per heavy atom. The van der Waals surface area contributed by atoms with Gasteiger partial charge in [0.15, 0.2) is 15.8 Å². The van der Waals surface area contributed by atoms with Gasteiger partial charge < -0.3 is 15.4 Å². The van der Waals surface area contributed by atoms with Gasteiger partial charge in [-0.15, -0.1) is 24.0 Å². The minimum atomic E-state index is -3.16. The number of halogens is 1. The molecule has 2 rings (SSSR count). The second-order valence-corrected chi connectivity index (χ2v) is 9.52. The fourth-order valence-corrected chi connectivity index (χ4v) is 4.86. The van der Waals surface area contributed by atoms with E-state index < -0.39 is 14.6 Å². The zero-order valence-electron chi connectivity index (χ0n) is 15.0. The highest BCUT2D eigenvalue weighted by molar-refractivity contribution is 14.0. The summed E-state index contributed by atoms with van der Waals surface area (Å²) in [7, 11) is -1.42. The molecule has 2 atom stereocenters. The van der Waals surface area contributed by atoms with Crippen LogP contribution in [0.4, 0.5) is 0 Å². The summed E-state index contributed by atoms with van der Waals surface area (Å²) in [6, 6.07) is 0.425. The van der Waals surface area contributed by atoms with Crippen LogP contribution in [0.3, 0.4) is 0 Å². The summed E-state index contributed by atoms with van der Waals surface area (Å²) in [4.78, 5) is 4.27. The Balaban J connectivity index is 0.00000288. The molecule has 1 saturated carbocycles. The van der Waals surface area contributed by atoms with E-state index in [1.54, 1.807) is 7.05 Å². The summed E-state index contributed by atoms with van der Waals surface area (Å²) >= 11 is 0. The molecule has 2 aliphatic rings. The zero-order chi connectivity index (χ0) is 16.9. The Bertz CT molecular complexity index is 519. The molecule has 24 heavy (non-hydrogen) atoms. The zero-order valence-corrected chi connectivity index (χ0v) is 18.2. The van der Waals surface area contributed by atoms with Gasteiger partial charge in [0.25, 0.3) is 0 Å². The molecule has 142 valence electrons. The molecule has 0 aromatic carbocycles. The van der Waals surface area contributed by atoms with Gasteiger partial charge in [0.1, 0.15) is 0 Å². The van der Waals surface area contributed by atoms with Gasteiger partial charge in [-0.3, -0.25) is 4.99 Å². The lowest BCUT2D eigenvalue weighted by Gasteiger charge is -2.36. The number of hydrogen-bond donors (Lipinski definition) is 2. The molecular weight excluding hydrogens is 441 g/mol. The van der Waals surface area contributed by atoms with Gasteiger partial charge in [-0.2, -0.15) is 0 Å². The van der Waals surface area contributed by atoms with Gasteiger partial charge in [-0.25, -0.2) is 8.42 Å². The second-order valence-electron chi connectivity index (χ2n) is 7.11. The molecular formula is C16H32IN3O3S. The minimum Gasteiger partial charge on any atom is -0.381 e. The lowest BCUT2D eigenvalue weighted by molar-refractivity contribution is 0.0756. The molecule has 1 saturated heterocycles. The average Bonchev–Trinajstić information content (AvgIpc) is 2.51. The third-order valence-corrected chi connectivity index (χ3v) is 7.40. The number of rotatable bonds is 4. The summed E-state index contributed by atoms with van der Waals surface area (Å²) in [5.41, 5.74) is 0. The number of hydrogen-bond acceptors (Lipinski definition) is 4. The van der Waals surface area contributed by atoms with E-state index in [4.69, 9.17) is 4.74 Å². The normalized spacial score (nSPS) is 27.9. The number of ether oxygens (including phenoxy) is 1. The van der Waals surface area contributed by atoms with E-state index in [0.717, 1.165) is 18.8 Å². The number of aliphatic imine (C=N–C) groups is 1. The van der Waals surface area contributed by atoms with Crippen LogP contribution in [0.15, 0.2) is 4.99 Å². The van der Waals surface area contributed by atoms with Crippen molar-refractivity contribution in [1.29, 1.82) is 0 Å². The molecule has 2 N–H and O–H groups in total. The summed E-state index contributed by atoms with van der Waals surface area (Å²) in [5, 5.41) is 6.71. The van der Waals surface area contributed by atoms with E-state index in [9.17, 15) is 8.42 Å². The molecule has 1 heterocycles. The van der Waals surface area contributed by atoms with Gasteiger partial charge in [0.2, 0.25) is 0 Å². The number of sulfone groups is 1. The van der Waals surface area contributed by atoms with Crippen LogP contribution in [-0.4, -0.2) is 58.2 Å². The van der Waals surface area contributed by atoms with E-state index in [1.165, 1.54) is 19.1 Å². The minimum absolute atomic E-state index is 0. The molecule has 0 radical (unpaired) electrons. The Morgan fingerprint density at radius 2 is 1.96 bits per heavy atom. The maximum Gasteiger partial charge on any atom is 0.191 e. The van der Waals surface area contributed by atoms with E-state index in [0.29, 0.717) is 44.6 Å². The van der Waals surface area contributed by atoms with Gasteiger partial charge in [0.05, 0.1) is 4.75 Å². The summed E-state index contributed by atoms with van der Waals surface area (Å²) in [6.45, 7) is 3.67. The number of nitrogens with one attached hydrogen (secondary N) is 2. The third kappa shape index (κ3) is 5.72. The third-order valence-electron chi connectivity index (χ3n) is 5.27. The van der Waals surface area contributed by atoms with Crippen molar-refractivity contribution in [2.24, 2.45) is 10.9 Å². The Labute approximate surface area is 163 Å². The Hall–Kier alpha value is -0.0900. The Morgan fingerprint density at radius 3 is 2.50 bits per heavy atom. The summed E-state index contributed by atoms with van der Waals surface area (Å²) < 4.78 is 29.2. The molecule has 2 unspecified atom stereocenters. The van der Waals surface area contributed by atoms with Gasteiger partial charge in [-0.05, 0) is 31.6 Å². The van der Waals surface area contributed by atoms with E-state index in [1.807, 2.05) is 0 Å². The van der Waals surface area contributed by atoms with Crippen molar-refractivity contribution in [3.63, 3.8) is 0 Å². The molecule has 0 amide bonds. The highest BCUT2D eigenvalue weighted by Gasteiger charge is 2.42. The first-order chi connectivity index (χ1) is 10.9. The van der Waals surface area contributed by atoms with Crippen LogP contribution in [-0.2, 0) is 14.6 Å². The molecule has 6 nitrogen and oxygen atoms in total. The standard InChI is InChI=1S/C16H31N3O3S.HI/c1-13-5-4-6-14(11-13)19-15(17-2)18-12-16(23(3,20)21)7-9-22-10-8-16;/h13-14H,4-12H2,1-3H3,(H2,17,18,19);1H. The largest absolute Gasteiger partial charge is 0.381 e. The highest BCUT2D eigenvalue weighted by Crippen LogP contribution is 2.28. The number of nitrogens with zero attached hydrogens (tertiary/aromatic N) is 1. The molecule has 1 aliphatic heterocycles. The summed E-state index contributed by atoms with van der Waals surface area (Å²) in [5.74, 6) is 1.44. The monoisotopic (exact) mass is 473 g/mol. The SMILES string of the molecule is CN=C(NCC1(S(C)(=O)=O)CCOCC1)NC1CCCC(C)C1.I. The van der Waals surface area contributed by atoms with E-state index >= 15 is 0 Å². The molecule has 0 bridgehead atoms. The lowest BCUT2D eigenvalue weighted by atomic mass is 9.87. The number of guanidine groups is 1. The molecule has 0 aromatic heterocycles. The van der Waals surface area contributed by atoms with E-state index in [-0.39, 0.29) is 24.0 Å². The van der Waals surface area contributed by atoms with Gasteiger partial charge >= 0.3 is 0 Å². The fourth-order valence-electron chi connectivity index (χ4n) is 3.62. The van der Waals surface area contributed by atoms with Crippen molar-refractivity contribution in [2.45, 2.75) is 56.2 Å². The molecule has 0 spiro atoms. The van der Waals surface area contributed by atoms with Crippen LogP contribution < -0.4 is 10.6 Å². The van der Waals surface area contributed by atoms with Gasteiger partial charge in [0, 0.05) is 39.1 Å². The molecule has 2 fully saturated rings. The van der Waals surface area contributed by atoms with Crippen LogP contribution in [0, 0.1) is 5.92 Å². The Kier molecular flexibility index (Phi) is 8.75. The first kappa shape index (κ1) is 22.0. The fraction of sp³-hybridized carbons (Fsp3) is 0.938. The van der Waals surface area contributed by atoms with Crippen LogP contribution in [0.1, 0.15) is 45.4 Å². The van der Waals surface area contributed by atoms with Crippen molar-refractivity contribution < 1.29 is 13.2 Å². The first-order valence-electron chi connectivity index (χ1n) is 8.61. The van der Waals surface area contributed by atoms with Crippen LogP contribution in [0.2, 0.25) is 0 Å². The average molecular weight is 473 g/mol. The highest BCUT2D eigenvalue weighted by atomic mass is 127. The van der Waals surface area contributed by atoms with Crippen LogP contribution in [0.25, 0.3) is 0 Å². The second kappa shape index (κ2) is 9.56. The predicted octanol–water partition coefficient (Wildman–Crippen LogP) is 1.94. The van der Waals surface area contributed by atoms with Crippen molar-refractivity contribution in [3.8, 4) is 0 Å². The van der Waals surface area contributed by atoms with Crippen molar-refractivity contribution >= 4 is 39.8 Å². The van der Waals surface area contributed by atoms with E-state index in [2.05, 4.69) is 22.5 Å². The topological polar surface area (TPSA) is 79.8 Å². The smallest absolute Gasteiger partial charge is 0.191 e. The first-order valence-corrected chi connectivity index (χ1v) is 10.5. The molecule has 1 aliphatic carbocycles. The van der Waals surface area contributed by atoms with Crippen molar-refractivity contribution in [1.82, 2.24) is 10.6 Å². The maximum atomic E-state index is 12.3. The summed E-state index contributed by atoms with van der Waals surface area (Å²) in [6.07, 6.45) is 7.23. The lowest BCUT2D eigenvalue weighted by Crippen LogP contribution is -2.55. The molecule has 8 heteroatoms.